The second kappa shape index (κ2) is 6.43. The Balaban J connectivity index is 1.73. The van der Waals surface area contributed by atoms with Crippen LogP contribution in [0.15, 0.2) is 29.2 Å². The van der Waals surface area contributed by atoms with Gasteiger partial charge in [-0.1, -0.05) is 0 Å². The largest absolute Gasteiger partial charge is 0.477 e. The highest BCUT2D eigenvalue weighted by atomic mass is 16.4. The molecule has 0 bridgehead atoms. The molecule has 1 aromatic carbocycles. The minimum atomic E-state index is -1.15. The average Bonchev–Trinajstić information content (AvgIpc) is 3.46. The van der Waals surface area contributed by atoms with Gasteiger partial charge in [-0.3, -0.25) is 9.69 Å². The first-order valence-corrected chi connectivity index (χ1v) is 9.37. The van der Waals surface area contributed by atoms with Gasteiger partial charge >= 0.3 is 5.97 Å². The Morgan fingerprint density at radius 1 is 1.15 bits per heavy atom. The predicted molar refractivity (Wildman–Crippen MR) is 102 cm³/mol. The summed E-state index contributed by atoms with van der Waals surface area (Å²) in [4.78, 5) is 28.8. The van der Waals surface area contributed by atoms with Crippen LogP contribution >= 0.6 is 0 Å². The highest BCUT2D eigenvalue weighted by molar-refractivity contribution is 5.93. The molecule has 1 aliphatic carbocycles. The fraction of sp³-hybridized carbons (Fsp3) is 0.500. The van der Waals surface area contributed by atoms with Crippen molar-refractivity contribution in [1.82, 2.24) is 9.47 Å². The van der Waals surface area contributed by atoms with Crippen LogP contribution in [0.1, 0.15) is 43.1 Å². The quantitative estimate of drug-likeness (QED) is 0.913. The maximum Gasteiger partial charge on any atom is 0.341 e. The van der Waals surface area contributed by atoms with Gasteiger partial charge in [-0.15, -0.1) is 0 Å². The minimum absolute atomic E-state index is 0.136. The molecular formula is C20H25N3O3. The zero-order valence-electron chi connectivity index (χ0n) is 15.3. The first-order valence-electron chi connectivity index (χ1n) is 9.37. The molecule has 0 amide bonds. The SMILES string of the molecule is CC(C)N1CCN(c2ccc3c(=O)c(C(=O)O)cn(C4CC4)c3c2)CC1. The first kappa shape index (κ1) is 17.1. The number of hydrogen-bond donors (Lipinski definition) is 1. The number of aromatic carboxylic acids is 1. The van der Waals surface area contributed by atoms with Gasteiger partial charge in [0.2, 0.25) is 5.43 Å². The summed E-state index contributed by atoms with van der Waals surface area (Å²) in [5.41, 5.74) is 1.44. The van der Waals surface area contributed by atoms with Gasteiger partial charge in [0.25, 0.3) is 0 Å². The van der Waals surface area contributed by atoms with E-state index in [2.05, 4.69) is 29.7 Å². The molecule has 138 valence electrons. The third-order valence-electron chi connectivity index (χ3n) is 5.60. The molecule has 0 atom stereocenters. The van der Waals surface area contributed by atoms with E-state index in [9.17, 15) is 14.7 Å². The van der Waals surface area contributed by atoms with Crippen LogP contribution in [0.25, 0.3) is 10.9 Å². The smallest absolute Gasteiger partial charge is 0.341 e. The number of anilines is 1. The molecule has 4 rings (SSSR count). The lowest BCUT2D eigenvalue weighted by Gasteiger charge is -2.38. The topological polar surface area (TPSA) is 65.8 Å². The Morgan fingerprint density at radius 3 is 2.42 bits per heavy atom. The molecule has 0 unspecified atom stereocenters. The first-order chi connectivity index (χ1) is 12.5. The molecular weight excluding hydrogens is 330 g/mol. The molecule has 1 saturated carbocycles. The van der Waals surface area contributed by atoms with E-state index in [-0.39, 0.29) is 11.0 Å². The number of carboxylic acid groups (broad SMARTS) is 1. The lowest BCUT2D eigenvalue weighted by atomic mass is 10.1. The third-order valence-corrected chi connectivity index (χ3v) is 5.60. The molecule has 26 heavy (non-hydrogen) atoms. The number of carbonyl (C=O) groups is 1. The number of aromatic nitrogens is 1. The van der Waals surface area contributed by atoms with Gasteiger partial charge in [-0.05, 0) is 44.9 Å². The molecule has 2 heterocycles. The number of pyridine rings is 1. The van der Waals surface area contributed by atoms with Crippen molar-refractivity contribution in [3.8, 4) is 0 Å². The Morgan fingerprint density at radius 2 is 1.85 bits per heavy atom. The second-order valence-electron chi connectivity index (χ2n) is 7.63. The van der Waals surface area contributed by atoms with Crippen LogP contribution in [0.3, 0.4) is 0 Å². The van der Waals surface area contributed by atoms with Crippen LogP contribution in [0.5, 0.6) is 0 Å². The average molecular weight is 355 g/mol. The number of rotatable bonds is 4. The second-order valence-corrected chi connectivity index (χ2v) is 7.63. The zero-order valence-corrected chi connectivity index (χ0v) is 15.3. The normalized spacial score (nSPS) is 18.7. The third kappa shape index (κ3) is 2.98. The monoisotopic (exact) mass is 355 g/mol. The Bertz CT molecular complexity index is 906. The van der Waals surface area contributed by atoms with Crippen LogP contribution in [0.4, 0.5) is 5.69 Å². The summed E-state index contributed by atoms with van der Waals surface area (Å²) in [6.45, 7) is 8.43. The van der Waals surface area contributed by atoms with E-state index in [1.165, 1.54) is 6.20 Å². The fourth-order valence-electron chi connectivity index (χ4n) is 3.84. The maximum atomic E-state index is 12.6. The number of benzene rings is 1. The highest BCUT2D eigenvalue weighted by Gasteiger charge is 2.27. The predicted octanol–water partition coefficient (Wildman–Crippen LogP) is 2.57. The van der Waals surface area contributed by atoms with Crippen LogP contribution in [-0.4, -0.2) is 52.8 Å². The summed E-state index contributed by atoms with van der Waals surface area (Å²) in [5.74, 6) is -1.15. The lowest BCUT2D eigenvalue weighted by Crippen LogP contribution is -2.48. The van der Waals surface area contributed by atoms with Gasteiger partial charge in [0.1, 0.15) is 5.56 Å². The van der Waals surface area contributed by atoms with Crippen molar-refractivity contribution in [3.05, 3.63) is 40.2 Å². The fourth-order valence-corrected chi connectivity index (χ4v) is 3.84. The number of fused-ring (bicyclic) bond motifs is 1. The van der Waals surface area contributed by atoms with Crippen molar-refractivity contribution in [1.29, 1.82) is 0 Å². The number of piperazine rings is 1. The zero-order chi connectivity index (χ0) is 18.4. The van der Waals surface area contributed by atoms with Crippen LogP contribution in [0.2, 0.25) is 0 Å². The molecule has 1 aromatic heterocycles. The van der Waals surface area contributed by atoms with E-state index in [0.717, 1.165) is 50.2 Å². The van der Waals surface area contributed by atoms with Crippen molar-refractivity contribution in [3.63, 3.8) is 0 Å². The van der Waals surface area contributed by atoms with E-state index in [4.69, 9.17) is 0 Å². The number of carboxylic acids is 1. The molecule has 2 aromatic rings. The van der Waals surface area contributed by atoms with E-state index < -0.39 is 5.97 Å². The van der Waals surface area contributed by atoms with Crippen molar-refractivity contribution in [2.75, 3.05) is 31.1 Å². The summed E-state index contributed by atoms with van der Waals surface area (Å²) in [7, 11) is 0. The van der Waals surface area contributed by atoms with Crippen molar-refractivity contribution >= 4 is 22.6 Å². The Labute approximate surface area is 152 Å². The lowest BCUT2D eigenvalue weighted by molar-refractivity contribution is 0.0695. The van der Waals surface area contributed by atoms with E-state index in [0.29, 0.717) is 17.5 Å². The molecule has 6 heteroatoms. The molecule has 1 aliphatic heterocycles. The Kier molecular flexibility index (Phi) is 4.23. The summed E-state index contributed by atoms with van der Waals surface area (Å²) in [5, 5.41) is 9.85. The van der Waals surface area contributed by atoms with E-state index in [1.807, 2.05) is 10.6 Å². The molecule has 1 saturated heterocycles. The number of hydrogen-bond acceptors (Lipinski definition) is 4. The summed E-state index contributed by atoms with van der Waals surface area (Å²) < 4.78 is 1.99. The van der Waals surface area contributed by atoms with Crippen LogP contribution in [-0.2, 0) is 0 Å². The molecule has 1 N–H and O–H groups in total. The van der Waals surface area contributed by atoms with Crippen molar-refractivity contribution in [2.24, 2.45) is 0 Å². The van der Waals surface area contributed by atoms with Gasteiger partial charge in [0.05, 0.1) is 5.52 Å². The molecule has 2 fully saturated rings. The molecule has 6 nitrogen and oxygen atoms in total. The van der Waals surface area contributed by atoms with E-state index >= 15 is 0 Å². The van der Waals surface area contributed by atoms with Gasteiger partial charge < -0.3 is 14.6 Å². The Hall–Kier alpha value is -2.34. The van der Waals surface area contributed by atoms with Gasteiger partial charge in [0, 0.05) is 55.5 Å². The standard InChI is InChI=1S/C20H25N3O3/c1-13(2)21-7-9-22(10-8-21)15-5-6-16-18(11-15)23(14-3-4-14)12-17(19(16)24)20(25)26/h5-6,11-14H,3-4,7-10H2,1-2H3,(H,25,26). The summed E-state index contributed by atoms with van der Waals surface area (Å²) in [6, 6.07) is 6.68. The van der Waals surface area contributed by atoms with Gasteiger partial charge in [0.15, 0.2) is 0 Å². The highest BCUT2D eigenvalue weighted by Crippen LogP contribution is 2.37. The molecule has 2 aliphatic rings. The van der Waals surface area contributed by atoms with Crippen molar-refractivity contribution in [2.45, 2.75) is 38.8 Å². The van der Waals surface area contributed by atoms with Gasteiger partial charge in [-0.25, -0.2) is 4.79 Å². The summed E-state index contributed by atoms with van der Waals surface area (Å²) >= 11 is 0. The molecule has 0 radical (unpaired) electrons. The maximum absolute atomic E-state index is 12.6. The van der Waals surface area contributed by atoms with E-state index in [1.54, 1.807) is 6.07 Å². The summed E-state index contributed by atoms with van der Waals surface area (Å²) in [6.07, 6.45) is 3.60. The van der Waals surface area contributed by atoms with Crippen molar-refractivity contribution < 1.29 is 9.90 Å². The van der Waals surface area contributed by atoms with Crippen LogP contribution in [0, 0.1) is 0 Å². The minimum Gasteiger partial charge on any atom is -0.477 e. The number of nitrogens with zero attached hydrogens (tertiary/aromatic N) is 3. The van der Waals surface area contributed by atoms with Gasteiger partial charge in [-0.2, -0.15) is 0 Å². The molecule has 0 spiro atoms. The van der Waals surface area contributed by atoms with Crippen LogP contribution < -0.4 is 10.3 Å².